The van der Waals surface area contributed by atoms with Crippen LogP contribution < -0.4 is 0 Å². The van der Waals surface area contributed by atoms with Crippen molar-refractivity contribution in [2.24, 2.45) is 0 Å². The molecule has 2 heteroatoms. The fraction of sp³-hybridized carbons (Fsp3) is 0.429. The van der Waals surface area contributed by atoms with Crippen LogP contribution in [0.25, 0.3) is 0 Å². The minimum absolute atomic E-state index is 0.186. The van der Waals surface area contributed by atoms with Crippen LogP contribution in [0.4, 0.5) is 0 Å². The van der Waals surface area contributed by atoms with E-state index in [0.29, 0.717) is 0 Å². The zero-order valence-corrected chi connectivity index (χ0v) is 5.76. The van der Waals surface area contributed by atoms with Crippen LogP contribution >= 0.6 is 0 Å². The van der Waals surface area contributed by atoms with Gasteiger partial charge in [0.1, 0.15) is 6.10 Å². The Morgan fingerprint density at radius 1 is 1.78 bits per heavy atom. The summed E-state index contributed by atoms with van der Waals surface area (Å²) in [7, 11) is 0. The first-order chi connectivity index (χ1) is 4.20. The van der Waals surface area contributed by atoms with Crippen LogP contribution in [-0.2, 0) is 9.53 Å². The lowest BCUT2D eigenvalue weighted by molar-refractivity contribution is -0.141. The smallest absolute Gasteiger partial charge is 0.310 e. The van der Waals surface area contributed by atoms with E-state index in [1.54, 1.807) is 19.9 Å². The average molecular weight is 127 g/mol. The summed E-state index contributed by atoms with van der Waals surface area (Å²) in [5.74, 6) is -0.303. The normalized spacial score (nSPS) is 12.2. The number of hydrogen-bond acceptors (Lipinski definition) is 2. The highest BCUT2D eigenvalue weighted by Crippen LogP contribution is 1.92. The van der Waals surface area contributed by atoms with E-state index in [-0.39, 0.29) is 12.1 Å². The lowest BCUT2D eigenvalue weighted by Crippen LogP contribution is -2.10. The molecule has 0 fully saturated rings. The predicted molar refractivity (Wildman–Crippen MR) is 35.7 cm³/mol. The Labute approximate surface area is 55.5 Å². The molecule has 0 N–H and O–H groups in total. The first-order valence-electron chi connectivity index (χ1n) is 2.83. The quantitative estimate of drug-likeness (QED) is 0.422. The predicted octanol–water partition coefficient (Wildman–Crippen LogP) is 1.33. The van der Waals surface area contributed by atoms with Gasteiger partial charge in [-0.05, 0) is 6.92 Å². The second kappa shape index (κ2) is 4.13. The molecule has 0 spiro atoms. The number of hydrogen-bond donors (Lipinski definition) is 0. The molecule has 0 saturated carbocycles. The number of ether oxygens (including phenoxy) is 1. The number of rotatable bonds is 3. The molecular formula is C7H11O2. The van der Waals surface area contributed by atoms with Crippen LogP contribution in [0, 0.1) is 6.42 Å². The Morgan fingerprint density at radius 2 is 2.33 bits per heavy atom. The van der Waals surface area contributed by atoms with Crippen LogP contribution in [-0.4, -0.2) is 12.1 Å². The zero-order chi connectivity index (χ0) is 7.28. The van der Waals surface area contributed by atoms with Crippen molar-refractivity contribution in [2.75, 3.05) is 0 Å². The maximum absolute atomic E-state index is 10.5. The molecule has 2 nitrogen and oxygen atoms in total. The Morgan fingerprint density at radius 3 is 2.67 bits per heavy atom. The van der Waals surface area contributed by atoms with Gasteiger partial charge in [0.2, 0.25) is 0 Å². The van der Waals surface area contributed by atoms with E-state index in [4.69, 9.17) is 4.74 Å². The highest BCUT2D eigenvalue weighted by atomic mass is 16.5. The highest BCUT2D eigenvalue weighted by Gasteiger charge is 2.01. The van der Waals surface area contributed by atoms with E-state index in [2.05, 4.69) is 6.58 Å². The highest BCUT2D eigenvalue weighted by molar-refractivity contribution is 5.78. The molecule has 0 saturated heterocycles. The van der Waals surface area contributed by atoms with E-state index in [9.17, 15) is 4.79 Å². The number of carbonyl (C=O) groups excluding carboxylic acids is 1. The van der Waals surface area contributed by atoms with Gasteiger partial charge in [0.15, 0.2) is 0 Å². The van der Waals surface area contributed by atoms with Crippen LogP contribution in [0.1, 0.15) is 13.8 Å². The summed E-state index contributed by atoms with van der Waals surface area (Å²) in [6.07, 6.45) is 2.76. The number of carbonyl (C=O) groups is 1. The SMILES string of the molecule is C=CC(C)OC(=O)[CH]C. The first-order valence-corrected chi connectivity index (χ1v) is 2.83. The van der Waals surface area contributed by atoms with E-state index in [1.165, 1.54) is 6.42 Å². The molecular weight excluding hydrogens is 116 g/mol. The van der Waals surface area contributed by atoms with Gasteiger partial charge in [-0.15, -0.1) is 0 Å². The Balaban J connectivity index is 3.46. The lowest BCUT2D eigenvalue weighted by atomic mass is 10.4. The van der Waals surface area contributed by atoms with E-state index in [1.807, 2.05) is 0 Å². The topological polar surface area (TPSA) is 26.3 Å². The number of esters is 1. The molecule has 0 amide bonds. The monoisotopic (exact) mass is 127 g/mol. The summed E-state index contributed by atoms with van der Waals surface area (Å²) in [6, 6.07) is 0. The second-order valence-electron chi connectivity index (χ2n) is 1.67. The molecule has 0 rings (SSSR count). The van der Waals surface area contributed by atoms with Crippen molar-refractivity contribution in [3.63, 3.8) is 0 Å². The van der Waals surface area contributed by atoms with Crippen LogP contribution in [0.2, 0.25) is 0 Å². The van der Waals surface area contributed by atoms with Crippen molar-refractivity contribution < 1.29 is 9.53 Å². The molecule has 0 aliphatic carbocycles. The van der Waals surface area contributed by atoms with Gasteiger partial charge in [0.25, 0.3) is 0 Å². The maximum Gasteiger partial charge on any atom is 0.310 e. The van der Waals surface area contributed by atoms with Crippen LogP contribution in [0.5, 0.6) is 0 Å². The molecule has 1 unspecified atom stereocenters. The Bertz CT molecular complexity index is 107. The third kappa shape index (κ3) is 3.76. The zero-order valence-electron chi connectivity index (χ0n) is 5.76. The third-order valence-electron chi connectivity index (χ3n) is 0.870. The Hall–Kier alpha value is -0.790. The van der Waals surface area contributed by atoms with Gasteiger partial charge in [-0.25, -0.2) is 0 Å². The molecule has 0 aromatic heterocycles. The maximum atomic E-state index is 10.5. The van der Waals surface area contributed by atoms with Gasteiger partial charge >= 0.3 is 5.97 Å². The molecule has 0 aliphatic heterocycles. The fourth-order valence-electron chi connectivity index (χ4n) is 0.299. The summed E-state index contributed by atoms with van der Waals surface area (Å²) < 4.78 is 4.74. The van der Waals surface area contributed by atoms with Gasteiger partial charge in [-0.3, -0.25) is 4.79 Å². The van der Waals surface area contributed by atoms with E-state index < -0.39 is 0 Å². The molecule has 0 aromatic carbocycles. The van der Waals surface area contributed by atoms with Gasteiger partial charge in [0, 0.05) is 0 Å². The summed E-state index contributed by atoms with van der Waals surface area (Å²) in [5.41, 5.74) is 0. The summed E-state index contributed by atoms with van der Waals surface area (Å²) in [4.78, 5) is 10.5. The summed E-state index contributed by atoms with van der Waals surface area (Å²) >= 11 is 0. The van der Waals surface area contributed by atoms with Crippen molar-refractivity contribution in [3.8, 4) is 0 Å². The minimum atomic E-state index is -0.303. The molecule has 9 heavy (non-hydrogen) atoms. The van der Waals surface area contributed by atoms with Crippen molar-refractivity contribution >= 4 is 5.97 Å². The van der Waals surface area contributed by atoms with Crippen LogP contribution in [0.3, 0.4) is 0 Å². The third-order valence-corrected chi connectivity index (χ3v) is 0.870. The van der Waals surface area contributed by atoms with E-state index >= 15 is 0 Å². The van der Waals surface area contributed by atoms with E-state index in [0.717, 1.165) is 0 Å². The standard InChI is InChI=1S/C7H11O2/c1-4-6(3)9-7(8)5-2/h4-6H,1H2,2-3H3. The summed E-state index contributed by atoms with van der Waals surface area (Å²) in [6.45, 7) is 6.85. The van der Waals surface area contributed by atoms with Crippen molar-refractivity contribution in [1.82, 2.24) is 0 Å². The van der Waals surface area contributed by atoms with Gasteiger partial charge in [0.05, 0.1) is 6.42 Å². The Kier molecular flexibility index (Phi) is 3.76. The van der Waals surface area contributed by atoms with Crippen molar-refractivity contribution in [3.05, 3.63) is 19.1 Å². The van der Waals surface area contributed by atoms with Gasteiger partial charge < -0.3 is 4.74 Å². The van der Waals surface area contributed by atoms with Crippen molar-refractivity contribution in [2.45, 2.75) is 20.0 Å². The molecule has 1 atom stereocenters. The lowest BCUT2D eigenvalue weighted by Gasteiger charge is -2.05. The van der Waals surface area contributed by atoms with Gasteiger partial charge in [-0.2, -0.15) is 0 Å². The first kappa shape index (κ1) is 8.21. The second-order valence-corrected chi connectivity index (χ2v) is 1.67. The molecule has 0 aliphatic rings. The molecule has 1 radical (unpaired) electrons. The molecule has 0 aromatic rings. The largest absolute Gasteiger partial charge is 0.458 e. The summed E-state index contributed by atoms with van der Waals surface area (Å²) in [5, 5.41) is 0. The van der Waals surface area contributed by atoms with Gasteiger partial charge in [-0.1, -0.05) is 19.6 Å². The average Bonchev–Trinajstić information content (AvgIpc) is 1.87. The molecule has 0 heterocycles. The fourth-order valence-corrected chi connectivity index (χ4v) is 0.299. The molecule has 0 bridgehead atoms. The van der Waals surface area contributed by atoms with Crippen molar-refractivity contribution in [1.29, 1.82) is 0 Å². The molecule has 51 valence electrons. The van der Waals surface area contributed by atoms with Crippen LogP contribution in [0.15, 0.2) is 12.7 Å². The minimum Gasteiger partial charge on any atom is -0.458 e.